The minimum atomic E-state index is -4.03. The van der Waals surface area contributed by atoms with E-state index in [9.17, 15) is 13.2 Å². The van der Waals surface area contributed by atoms with Crippen molar-refractivity contribution in [2.45, 2.75) is 18.1 Å². The van der Waals surface area contributed by atoms with Crippen molar-refractivity contribution in [3.05, 3.63) is 41.3 Å². The third-order valence-corrected chi connectivity index (χ3v) is 4.51. The van der Waals surface area contributed by atoms with Crippen LogP contribution >= 0.6 is 11.3 Å². The average Bonchev–Trinajstić information content (AvgIpc) is 3.25. The molecule has 0 radical (unpaired) electrons. The zero-order valence-electron chi connectivity index (χ0n) is 12.2. The summed E-state index contributed by atoms with van der Waals surface area (Å²) in [6, 6.07) is 5.88. The van der Waals surface area contributed by atoms with Gasteiger partial charge < -0.3 is 13.6 Å². The van der Waals surface area contributed by atoms with Crippen LogP contribution in [0.4, 0.5) is 0 Å². The molecule has 1 unspecified atom stereocenters. The Bertz CT molecular complexity index is 958. The lowest BCUT2D eigenvalue weighted by Crippen LogP contribution is -2.11. The first-order valence-corrected chi connectivity index (χ1v) is 8.98. The Kier molecular flexibility index (Phi) is 4.22. The second-order valence-electron chi connectivity index (χ2n) is 4.63. The Labute approximate surface area is 140 Å². The van der Waals surface area contributed by atoms with E-state index in [0.717, 1.165) is 17.0 Å². The van der Waals surface area contributed by atoms with Gasteiger partial charge in [0.1, 0.15) is 0 Å². The monoisotopic (exact) mass is 369 g/mol. The Morgan fingerprint density at radius 3 is 2.71 bits per heavy atom. The maximum Gasteiger partial charge on any atom is 0.375 e. The number of hydrogen-bond acceptors (Lipinski definition) is 9. The standard InChI is InChI=1S/C13H11N3O6S2/c1-7(11-15-16-12(22-11)9-3-2-6-23-9)20-13(17)8-4-5-10(21-8)24(14,18)19/h2-7H,1H3,(H2,14,18,19). The predicted octanol–water partition coefficient (Wildman–Crippen LogP) is 1.96. The van der Waals surface area contributed by atoms with Crippen LogP contribution in [0, 0.1) is 0 Å². The summed E-state index contributed by atoms with van der Waals surface area (Å²) in [5.74, 6) is -0.764. The van der Waals surface area contributed by atoms with Gasteiger partial charge >= 0.3 is 5.97 Å². The Morgan fingerprint density at radius 2 is 2.08 bits per heavy atom. The summed E-state index contributed by atoms with van der Waals surface area (Å²) in [5, 5.41) is 14.0. The van der Waals surface area contributed by atoms with Crippen molar-refractivity contribution in [3.63, 3.8) is 0 Å². The van der Waals surface area contributed by atoms with E-state index < -0.39 is 27.2 Å². The number of carbonyl (C=O) groups excluding carboxylic acids is 1. The summed E-state index contributed by atoms with van der Waals surface area (Å²) < 4.78 is 37.7. The molecule has 126 valence electrons. The van der Waals surface area contributed by atoms with E-state index in [2.05, 4.69) is 10.2 Å². The number of carbonyl (C=O) groups is 1. The number of thiophene rings is 1. The smallest absolute Gasteiger partial charge is 0.375 e. The number of nitrogens with zero attached hydrogens (tertiary/aromatic N) is 2. The van der Waals surface area contributed by atoms with Gasteiger partial charge in [0.05, 0.1) is 4.88 Å². The number of ether oxygens (including phenoxy) is 1. The topological polar surface area (TPSA) is 139 Å². The highest BCUT2D eigenvalue weighted by molar-refractivity contribution is 7.89. The summed E-state index contributed by atoms with van der Waals surface area (Å²) in [6.07, 6.45) is -0.846. The van der Waals surface area contributed by atoms with Gasteiger partial charge in [-0.25, -0.2) is 18.4 Å². The van der Waals surface area contributed by atoms with E-state index in [4.69, 9.17) is 18.7 Å². The molecule has 24 heavy (non-hydrogen) atoms. The van der Waals surface area contributed by atoms with Crippen LogP contribution in [0.3, 0.4) is 0 Å². The van der Waals surface area contributed by atoms with E-state index in [1.165, 1.54) is 18.3 Å². The minimum Gasteiger partial charge on any atom is -0.447 e. The van der Waals surface area contributed by atoms with Gasteiger partial charge in [0.2, 0.25) is 10.9 Å². The maximum absolute atomic E-state index is 12.0. The lowest BCUT2D eigenvalue weighted by atomic mass is 10.4. The highest BCUT2D eigenvalue weighted by Crippen LogP contribution is 2.26. The number of hydrogen-bond donors (Lipinski definition) is 1. The number of rotatable bonds is 5. The van der Waals surface area contributed by atoms with Crippen molar-refractivity contribution in [1.82, 2.24) is 10.2 Å². The summed E-state index contributed by atoms with van der Waals surface area (Å²) in [6.45, 7) is 1.53. The van der Waals surface area contributed by atoms with Gasteiger partial charge in [-0.2, -0.15) is 0 Å². The third-order valence-electron chi connectivity index (χ3n) is 2.87. The Hall–Kier alpha value is -2.50. The fraction of sp³-hybridized carbons (Fsp3) is 0.154. The first-order chi connectivity index (χ1) is 11.3. The lowest BCUT2D eigenvalue weighted by molar-refractivity contribution is 0.0239. The molecule has 1 atom stereocenters. The van der Waals surface area contributed by atoms with Crippen LogP contribution in [0.25, 0.3) is 10.8 Å². The molecule has 3 rings (SSSR count). The predicted molar refractivity (Wildman–Crippen MR) is 81.5 cm³/mol. The van der Waals surface area contributed by atoms with Crippen molar-refractivity contribution in [2.75, 3.05) is 0 Å². The maximum atomic E-state index is 12.0. The lowest BCUT2D eigenvalue weighted by Gasteiger charge is -2.07. The molecule has 9 nitrogen and oxygen atoms in total. The van der Waals surface area contributed by atoms with E-state index >= 15 is 0 Å². The summed E-state index contributed by atoms with van der Waals surface area (Å²) >= 11 is 1.43. The molecule has 0 aromatic carbocycles. The number of aromatic nitrogens is 2. The summed E-state index contributed by atoms with van der Waals surface area (Å²) in [4.78, 5) is 12.8. The normalized spacial score (nSPS) is 12.9. The quantitative estimate of drug-likeness (QED) is 0.673. The van der Waals surface area contributed by atoms with E-state index in [-0.39, 0.29) is 11.7 Å². The van der Waals surface area contributed by atoms with Gasteiger partial charge in [-0.3, -0.25) is 0 Å². The van der Waals surface area contributed by atoms with Crippen molar-refractivity contribution < 1.29 is 26.8 Å². The molecule has 0 aliphatic carbocycles. The molecule has 3 heterocycles. The molecule has 0 bridgehead atoms. The highest BCUT2D eigenvalue weighted by atomic mass is 32.2. The van der Waals surface area contributed by atoms with Crippen LogP contribution in [0.1, 0.15) is 29.5 Å². The molecule has 0 saturated heterocycles. The minimum absolute atomic E-state index is 0.102. The molecule has 0 amide bonds. The fourth-order valence-electron chi connectivity index (χ4n) is 1.75. The van der Waals surface area contributed by atoms with Gasteiger partial charge in [0.25, 0.3) is 21.8 Å². The zero-order chi connectivity index (χ0) is 17.3. The molecule has 2 N–H and O–H groups in total. The summed E-state index contributed by atoms with van der Waals surface area (Å²) in [7, 11) is -4.03. The van der Waals surface area contributed by atoms with E-state index in [1.54, 1.807) is 0 Å². The number of sulfonamides is 1. The molecule has 0 spiro atoms. The molecule has 3 aromatic rings. The van der Waals surface area contributed by atoms with Crippen LogP contribution in [0.5, 0.6) is 0 Å². The number of nitrogens with two attached hydrogens (primary N) is 1. The van der Waals surface area contributed by atoms with Gasteiger partial charge in [-0.15, -0.1) is 21.5 Å². The molecular weight excluding hydrogens is 358 g/mol. The largest absolute Gasteiger partial charge is 0.447 e. The van der Waals surface area contributed by atoms with Crippen molar-refractivity contribution in [2.24, 2.45) is 5.14 Å². The number of furan rings is 1. The first-order valence-electron chi connectivity index (χ1n) is 6.55. The van der Waals surface area contributed by atoms with Gasteiger partial charge in [-0.05, 0) is 30.5 Å². The van der Waals surface area contributed by atoms with E-state index in [1.807, 2.05) is 17.5 Å². The van der Waals surface area contributed by atoms with Crippen molar-refractivity contribution >= 4 is 27.3 Å². The van der Waals surface area contributed by atoms with Gasteiger partial charge in [0.15, 0.2) is 6.10 Å². The number of primary sulfonamides is 1. The molecule has 0 saturated carbocycles. The fourth-order valence-corrected chi connectivity index (χ4v) is 2.86. The number of esters is 1. The molecular formula is C13H11N3O6S2. The molecule has 0 fully saturated rings. The van der Waals surface area contributed by atoms with Crippen LogP contribution in [-0.4, -0.2) is 24.6 Å². The highest BCUT2D eigenvalue weighted by Gasteiger charge is 2.23. The van der Waals surface area contributed by atoms with Crippen molar-refractivity contribution in [3.8, 4) is 10.8 Å². The molecule has 0 aliphatic rings. The molecule has 3 aromatic heterocycles. The van der Waals surface area contributed by atoms with Gasteiger partial charge in [0, 0.05) is 0 Å². The first kappa shape index (κ1) is 16.4. The molecule has 0 aliphatic heterocycles. The van der Waals surface area contributed by atoms with Crippen LogP contribution in [-0.2, 0) is 14.8 Å². The summed E-state index contributed by atoms with van der Waals surface area (Å²) in [5.41, 5.74) is 0. The van der Waals surface area contributed by atoms with Crippen LogP contribution < -0.4 is 5.14 Å². The SMILES string of the molecule is CC(OC(=O)c1ccc(S(N)(=O)=O)o1)c1nnc(-c2cccs2)o1. The van der Waals surface area contributed by atoms with Crippen molar-refractivity contribution in [1.29, 1.82) is 0 Å². The van der Waals surface area contributed by atoms with Crippen LogP contribution in [0.2, 0.25) is 0 Å². The Morgan fingerprint density at radius 1 is 1.29 bits per heavy atom. The van der Waals surface area contributed by atoms with E-state index in [0.29, 0.717) is 5.89 Å². The Balaban J connectivity index is 1.71. The average molecular weight is 369 g/mol. The second kappa shape index (κ2) is 6.19. The van der Waals surface area contributed by atoms with Gasteiger partial charge in [-0.1, -0.05) is 6.07 Å². The second-order valence-corrected chi connectivity index (χ2v) is 7.07. The third kappa shape index (κ3) is 3.37. The zero-order valence-corrected chi connectivity index (χ0v) is 13.8. The molecule has 11 heteroatoms. The van der Waals surface area contributed by atoms with Crippen LogP contribution in [0.15, 0.2) is 43.6 Å².